The second-order valence-corrected chi connectivity index (χ2v) is 7.27. The van der Waals surface area contributed by atoms with E-state index in [4.69, 9.17) is 32.7 Å². The number of methoxy groups -OCH3 is 1. The molecule has 0 fully saturated rings. The number of benzene rings is 3. The van der Waals surface area contributed by atoms with Crippen molar-refractivity contribution >= 4 is 46.9 Å². The number of hydrogen-bond acceptors (Lipinski definition) is 5. The molecule has 3 rings (SSSR count). The summed E-state index contributed by atoms with van der Waals surface area (Å²) in [5.74, 6) is 0.303. The van der Waals surface area contributed by atoms with Gasteiger partial charge in [0.25, 0.3) is 11.8 Å². The molecule has 7 nitrogen and oxygen atoms in total. The fraction of sp³-hybridized carbons (Fsp3) is 0.0870. The van der Waals surface area contributed by atoms with E-state index < -0.39 is 5.91 Å². The van der Waals surface area contributed by atoms with Gasteiger partial charge in [0, 0.05) is 5.02 Å². The molecule has 0 aliphatic rings. The summed E-state index contributed by atoms with van der Waals surface area (Å²) in [5, 5.41) is 7.33. The second kappa shape index (κ2) is 11.2. The van der Waals surface area contributed by atoms with Gasteiger partial charge in [-0.25, -0.2) is 5.43 Å². The number of anilines is 1. The minimum absolute atomic E-state index is 0.163. The Bertz CT molecular complexity index is 1130. The topological polar surface area (TPSA) is 89.0 Å². The number of hydrazone groups is 1. The zero-order valence-corrected chi connectivity index (χ0v) is 18.5. The van der Waals surface area contributed by atoms with Crippen molar-refractivity contribution in [3.05, 3.63) is 87.9 Å². The smallest absolute Gasteiger partial charge is 0.272 e. The Kier molecular flexibility index (Phi) is 8.08. The van der Waals surface area contributed by atoms with Gasteiger partial charge in [0.1, 0.15) is 11.5 Å². The number of nitrogens with one attached hydrogen (secondary N) is 2. The highest BCUT2D eigenvalue weighted by molar-refractivity contribution is 6.36. The number of para-hydroxylation sites is 2. The molecule has 0 saturated heterocycles. The maximum absolute atomic E-state index is 12.1. The van der Waals surface area contributed by atoms with E-state index >= 15 is 0 Å². The molecule has 0 saturated carbocycles. The first-order chi connectivity index (χ1) is 15.5. The molecule has 3 aromatic rings. The third kappa shape index (κ3) is 6.47. The van der Waals surface area contributed by atoms with E-state index in [1.54, 1.807) is 48.5 Å². The van der Waals surface area contributed by atoms with Crippen molar-refractivity contribution in [1.29, 1.82) is 0 Å². The molecule has 164 valence electrons. The highest BCUT2D eigenvalue weighted by atomic mass is 35.5. The lowest BCUT2D eigenvalue weighted by molar-refractivity contribution is -0.118. The third-order valence-electron chi connectivity index (χ3n) is 4.19. The van der Waals surface area contributed by atoms with Gasteiger partial charge in [-0.1, -0.05) is 35.3 Å². The van der Waals surface area contributed by atoms with Crippen LogP contribution in [0.15, 0.2) is 71.8 Å². The number of halogens is 2. The van der Waals surface area contributed by atoms with Gasteiger partial charge in [0.2, 0.25) is 0 Å². The van der Waals surface area contributed by atoms with Gasteiger partial charge in [0.15, 0.2) is 6.61 Å². The summed E-state index contributed by atoms with van der Waals surface area (Å²) in [7, 11) is 1.53. The molecule has 2 amide bonds. The quantitative estimate of drug-likeness (QED) is 0.365. The van der Waals surface area contributed by atoms with Crippen LogP contribution in [0.3, 0.4) is 0 Å². The van der Waals surface area contributed by atoms with E-state index in [2.05, 4.69) is 15.8 Å². The second-order valence-electron chi connectivity index (χ2n) is 6.43. The van der Waals surface area contributed by atoms with Gasteiger partial charge < -0.3 is 14.8 Å². The molecular weight excluding hydrogens is 453 g/mol. The molecule has 32 heavy (non-hydrogen) atoms. The molecule has 0 aliphatic carbocycles. The Morgan fingerprint density at radius 2 is 1.78 bits per heavy atom. The highest BCUT2D eigenvalue weighted by Crippen LogP contribution is 2.23. The molecule has 0 aromatic heterocycles. The van der Waals surface area contributed by atoms with Crippen LogP contribution in [-0.4, -0.2) is 31.7 Å². The van der Waals surface area contributed by atoms with E-state index in [0.717, 1.165) is 5.56 Å². The normalized spacial score (nSPS) is 10.6. The first kappa shape index (κ1) is 23.1. The van der Waals surface area contributed by atoms with E-state index in [9.17, 15) is 9.59 Å². The lowest BCUT2D eigenvalue weighted by Crippen LogP contribution is -2.20. The Labute approximate surface area is 194 Å². The average Bonchev–Trinajstić information content (AvgIpc) is 2.79. The summed E-state index contributed by atoms with van der Waals surface area (Å²) >= 11 is 11.8. The SMILES string of the molecule is COc1ccccc1NC(=O)COc1ccc(/C=N/NC(=O)c2ccc(Cl)cc2Cl)cc1. The van der Waals surface area contributed by atoms with E-state index in [1.165, 1.54) is 25.5 Å². The maximum atomic E-state index is 12.1. The largest absolute Gasteiger partial charge is 0.495 e. The molecule has 3 aromatic carbocycles. The Morgan fingerprint density at radius 3 is 2.50 bits per heavy atom. The van der Waals surface area contributed by atoms with Crippen LogP contribution in [0, 0.1) is 0 Å². The zero-order chi connectivity index (χ0) is 22.9. The Hall–Kier alpha value is -3.55. The molecule has 9 heteroatoms. The molecule has 0 atom stereocenters. The fourth-order valence-corrected chi connectivity index (χ4v) is 3.13. The molecule has 0 unspecified atom stereocenters. The average molecular weight is 472 g/mol. The first-order valence-electron chi connectivity index (χ1n) is 9.40. The van der Waals surface area contributed by atoms with Crippen LogP contribution in [0.4, 0.5) is 5.69 Å². The minimum atomic E-state index is -0.455. The zero-order valence-electron chi connectivity index (χ0n) is 17.0. The molecule has 0 spiro atoms. The molecule has 0 radical (unpaired) electrons. The summed E-state index contributed by atoms with van der Waals surface area (Å²) in [6.45, 7) is -0.163. The number of carbonyl (C=O) groups is 2. The van der Waals surface area contributed by atoms with Gasteiger partial charge in [-0.3, -0.25) is 9.59 Å². The van der Waals surface area contributed by atoms with Crippen LogP contribution in [0.5, 0.6) is 11.5 Å². The van der Waals surface area contributed by atoms with Gasteiger partial charge >= 0.3 is 0 Å². The van der Waals surface area contributed by atoms with Crippen molar-refractivity contribution in [1.82, 2.24) is 5.43 Å². The van der Waals surface area contributed by atoms with Crippen LogP contribution in [0.25, 0.3) is 0 Å². The molecular formula is C23H19Cl2N3O4. The maximum Gasteiger partial charge on any atom is 0.272 e. The predicted molar refractivity (Wildman–Crippen MR) is 125 cm³/mol. The fourth-order valence-electron chi connectivity index (χ4n) is 2.63. The van der Waals surface area contributed by atoms with Crippen molar-refractivity contribution in [3.8, 4) is 11.5 Å². The van der Waals surface area contributed by atoms with Crippen LogP contribution < -0.4 is 20.2 Å². The predicted octanol–water partition coefficient (Wildman–Crippen LogP) is 4.78. The van der Waals surface area contributed by atoms with Gasteiger partial charge in [-0.2, -0.15) is 5.10 Å². The van der Waals surface area contributed by atoms with Crippen LogP contribution >= 0.6 is 23.2 Å². The van der Waals surface area contributed by atoms with Crippen LogP contribution in [-0.2, 0) is 4.79 Å². The number of amides is 2. The van der Waals surface area contributed by atoms with Crippen molar-refractivity contribution < 1.29 is 19.1 Å². The first-order valence-corrected chi connectivity index (χ1v) is 10.2. The molecule has 2 N–H and O–H groups in total. The van der Waals surface area contributed by atoms with E-state index in [0.29, 0.717) is 22.2 Å². The van der Waals surface area contributed by atoms with E-state index in [-0.39, 0.29) is 23.1 Å². The van der Waals surface area contributed by atoms with Crippen LogP contribution in [0.1, 0.15) is 15.9 Å². The Morgan fingerprint density at radius 1 is 1.03 bits per heavy atom. The van der Waals surface area contributed by atoms with Gasteiger partial charge in [-0.15, -0.1) is 0 Å². The molecule has 0 heterocycles. The van der Waals surface area contributed by atoms with Gasteiger partial charge in [0.05, 0.1) is 29.6 Å². The number of ether oxygens (including phenoxy) is 2. The third-order valence-corrected chi connectivity index (χ3v) is 4.73. The lowest BCUT2D eigenvalue weighted by Gasteiger charge is -2.10. The summed E-state index contributed by atoms with van der Waals surface area (Å²) in [4.78, 5) is 24.2. The standard InChI is InChI=1S/C23H19Cl2N3O4/c1-31-21-5-3-2-4-20(21)27-22(29)14-32-17-9-6-15(7-10-17)13-26-28-23(30)18-11-8-16(24)12-19(18)25/h2-13H,14H2,1H3,(H,27,29)(H,28,30)/b26-13+. The summed E-state index contributed by atoms with van der Waals surface area (Å²) in [6, 6.07) is 18.5. The minimum Gasteiger partial charge on any atom is -0.495 e. The van der Waals surface area contributed by atoms with Crippen molar-refractivity contribution in [2.45, 2.75) is 0 Å². The number of carbonyl (C=O) groups excluding carboxylic acids is 2. The molecule has 0 aliphatic heterocycles. The number of nitrogens with zero attached hydrogens (tertiary/aromatic N) is 1. The van der Waals surface area contributed by atoms with Gasteiger partial charge in [-0.05, 0) is 60.2 Å². The van der Waals surface area contributed by atoms with E-state index in [1.807, 2.05) is 6.07 Å². The molecule has 0 bridgehead atoms. The van der Waals surface area contributed by atoms with Crippen LogP contribution in [0.2, 0.25) is 10.0 Å². The number of rotatable bonds is 8. The highest BCUT2D eigenvalue weighted by Gasteiger charge is 2.10. The summed E-state index contributed by atoms with van der Waals surface area (Å²) in [6.07, 6.45) is 1.47. The monoisotopic (exact) mass is 471 g/mol. The Balaban J connectivity index is 1.49. The van der Waals surface area contributed by atoms with Crippen molar-refractivity contribution in [3.63, 3.8) is 0 Å². The summed E-state index contributed by atoms with van der Waals surface area (Å²) < 4.78 is 10.7. The lowest BCUT2D eigenvalue weighted by atomic mass is 10.2. The van der Waals surface area contributed by atoms with Crippen molar-refractivity contribution in [2.75, 3.05) is 19.0 Å². The summed E-state index contributed by atoms with van der Waals surface area (Å²) in [5.41, 5.74) is 3.96. The number of hydrogen-bond donors (Lipinski definition) is 2. The van der Waals surface area contributed by atoms with Crippen molar-refractivity contribution in [2.24, 2.45) is 5.10 Å².